The van der Waals surface area contributed by atoms with Crippen LogP contribution in [0.2, 0.25) is 0 Å². The number of esters is 1. The highest BCUT2D eigenvalue weighted by atomic mass is 16.5. The molecule has 0 atom stereocenters. The van der Waals surface area contributed by atoms with Gasteiger partial charge in [-0.2, -0.15) is 0 Å². The highest BCUT2D eigenvalue weighted by Crippen LogP contribution is 2.13. The van der Waals surface area contributed by atoms with E-state index in [4.69, 9.17) is 14.6 Å². The number of aliphatic carboxylic acids is 1. The molecule has 114 valence electrons. The van der Waals surface area contributed by atoms with Crippen molar-refractivity contribution in [2.75, 3.05) is 6.61 Å². The second-order valence-electron chi connectivity index (χ2n) is 4.65. The minimum atomic E-state index is -1.03. The summed E-state index contributed by atoms with van der Waals surface area (Å²) in [6.45, 7) is -0.141. The number of carboxylic acid groups (broad SMARTS) is 1. The van der Waals surface area contributed by atoms with Crippen molar-refractivity contribution >= 4 is 11.9 Å². The zero-order valence-electron chi connectivity index (χ0n) is 11.9. The smallest absolute Gasteiger partial charge is 0.341 e. The molecule has 0 aliphatic heterocycles. The third kappa shape index (κ3) is 5.28. The molecule has 5 heteroatoms. The topological polar surface area (TPSA) is 72.8 Å². The van der Waals surface area contributed by atoms with E-state index in [1.807, 2.05) is 30.3 Å². The van der Waals surface area contributed by atoms with Crippen LogP contribution in [0.25, 0.3) is 0 Å². The van der Waals surface area contributed by atoms with Crippen LogP contribution in [0.15, 0.2) is 54.6 Å². The van der Waals surface area contributed by atoms with Crippen LogP contribution in [-0.4, -0.2) is 23.7 Å². The third-order valence-electron chi connectivity index (χ3n) is 2.88. The van der Waals surface area contributed by atoms with Crippen LogP contribution in [0.1, 0.15) is 11.1 Å². The molecule has 0 aliphatic carbocycles. The molecule has 0 amide bonds. The van der Waals surface area contributed by atoms with Crippen LogP contribution in [0.3, 0.4) is 0 Å². The van der Waals surface area contributed by atoms with Gasteiger partial charge in [-0.1, -0.05) is 42.5 Å². The molecule has 0 spiro atoms. The van der Waals surface area contributed by atoms with Crippen molar-refractivity contribution in [1.29, 1.82) is 0 Å². The predicted molar refractivity (Wildman–Crippen MR) is 79.5 cm³/mol. The standard InChI is InChI=1S/C17H16O5/c18-16(19)12-21-15-8-6-13(7-9-15)10-17(20)22-11-14-4-2-1-3-5-14/h1-9H,10-12H2,(H,18,19). The van der Waals surface area contributed by atoms with E-state index in [0.717, 1.165) is 11.1 Å². The van der Waals surface area contributed by atoms with Crippen molar-refractivity contribution in [3.63, 3.8) is 0 Å². The van der Waals surface area contributed by atoms with Gasteiger partial charge in [0.1, 0.15) is 12.4 Å². The first kappa shape index (κ1) is 15.6. The largest absolute Gasteiger partial charge is 0.482 e. The van der Waals surface area contributed by atoms with Gasteiger partial charge in [0.05, 0.1) is 6.42 Å². The quantitative estimate of drug-likeness (QED) is 0.795. The van der Waals surface area contributed by atoms with Crippen LogP contribution in [0.4, 0.5) is 0 Å². The average molecular weight is 300 g/mol. The number of hydrogen-bond acceptors (Lipinski definition) is 4. The zero-order chi connectivity index (χ0) is 15.8. The Hall–Kier alpha value is -2.82. The summed E-state index contributed by atoms with van der Waals surface area (Å²) >= 11 is 0. The highest BCUT2D eigenvalue weighted by Gasteiger charge is 2.06. The van der Waals surface area contributed by atoms with E-state index < -0.39 is 12.6 Å². The van der Waals surface area contributed by atoms with E-state index in [1.165, 1.54) is 0 Å². The third-order valence-corrected chi connectivity index (χ3v) is 2.88. The number of carboxylic acids is 1. The van der Waals surface area contributed by atoms with Gasteiger partial charge in [0.25, 0.3) is 0 Å². The first-order chi connectivity index (χ1) is 10.6. The molecule has 22 heavy (non-hydrogen) atoms. The minimum Gasteiger partial charge on any atom is -0.482 e. The van der Waals surface area contributed by atoms with Crippen molar-refractivity contribution in [3.8, 4) is 5.75 Å². The number of carbonyl (C=O) groups is 2. The maximum absolute atomic E-state index is 11.8. The summed E-state index contributed by atoms with van der Waals surface area (Å²) < 4.78 is 10.2. The van der Waals surface area contributed by atoms with Crippen LogP contribution in [-0.2, 0) is 27.4 Å². The second kappa shape index (κ2) is 7.83. The summed E-state index contributed by atoms with van der Waals surface area (Å²) in [6.07, 6.45) is 0.159. The molecule has 0 unspecified atom stereocenters. The Labute approximate surface area is 128 Å². The molecule has 0 aliphatic rings. The first-order valence-electron chi connectivity index (χ1n) is 6.76. The molecule has 0 bridgehead atoms. The Balaban J connectivity index is 1.80. The van der Waals surface area contributed by atoms with Crippen LogP contribution in [0, 0.1) is 0 Å². The van der Waals surface area contributed by atoms with Crippen molar-refractivity contribution in [2.45, 2.75) is 13.0 Å². The Bertz CT molecular complexity index is 619. The van der Waals surface area contributed by atoms with E-state index in [1.54, 1.807) is 24.3 Å². The lowest BCUT2D eigenvalue weighted by molar-refractivity contribution is -0.144. The number of benzene rings is 2. The van der Waals surface area contributed by atoms with Gasteiger partial charge in [0, 0.05) is 0 Å². The van der Waals surface area contributed by atoms with Gasteiger partial charge in [0.2, 0.25) is 0 Å². The van der Waals surface area contributed by atoms with Crippen LogP contribution < -0.4 is 4.74 Å². The highest BCUT2D eigenvalue weighted by molar-refractivity contribution is 5.72. The van der Waals surface area contributed by atoms with Gasteiger partial charge in [-0.3, -0.25) is 4.79 Å². The summed E-state index contributed by atoms with van der Waals surface area (Å²) in [5, 5.41) is 8.52. The summed E-state index contributed by atoms with van der Waals surface area (Å²) in [7, 11) is 0. The lowest BCUT2D eigenvalue weighted by Gasteiger charge is -2.06. The van der Waals surface area contributed by atoms with Crippen LogP contribution >= 0.6 is 0 Å². The molecule has 2 rings (SSSR count). The van der Waals surface area contributed by atoms with Crippen molar-refractivity contribution in [3.05, 3.63) is 65.7 Å². The fourth-order valence-corrected chi connectivity index (χ4v) is 1.80. The maximum Gasteiger partial charge on any atom is 0.341 e. The average Bonchev–Trinajstić information content (AvgIpc) is 2.53. The van der Waals surface area contributed by atoms with E-state index >= 15 is 0 Å². The molecule has 2 aromatic rings. The van der Waals surface area contributed by atoms with Gasteiger partial charge >= 0.3 is 11.9 Å². The van der Waals surface area contributed by atoms with E-state index in [0.29, 0.717) is 5.75 Å². The molecule has 0 saturated heterocycles. The molecular weight excluding hydrogens is 284 g/mol. The number of ether oxygens (including phenoxy) is 2. The minimum absolute atomic E-state index is 0.159. The Morgan fingerprint density at radius 3 is 2.23 bits per heavy atom. The first-order valence-corrected chi connectivity index (χ1v) is 6.76. The normalized spacial score (nSPS) is 10.0. The van der Waals surface area contributed by atoms with Gasteiger partial charge in [-0.25, -0.2) is 4.79 Å². The molecule has 2 aromatic carbocycles. The van der Waals surface area contributed by atoms with Gasteiger partial charge in [-0.05, 0) is 23.3 Å². The fourth-order valence-electron chi connectivity index (χ4n) is 1.80. The molecule has 0 fully saturated rings. The monoisotopic (exact) mass is 300 g/mol. The van der Waals surface area contributed by atoms with E-state index in [-0.39, 0.29) is 19.0 Å². The lowest BCUT2D eigenvalue weighted by Crippen LogP contribution is -2.10. The molecule has 0 saturated carbocycles. The molecule has 5 nitrogen and oxygen atoms in total. The number of hydrogen-bond donors (Lipinski definition) is 1. The van der Waals surface area contributed by atoms with Gasteiger partial charge < -0.3 is 14.6 Å². The van der Waals surface area contributed by atoms with Crippen LogP contribution in [0.5, 0.6) is 5.75 Å². The van der Waals surface area contributed by atoms with Gasteiger partial charge in [0.15, 0.2) is 6.61 Å². The number of carbonyl (C=O) groups excluding carboxylic acids is 1. The summed E-state index contributed by atoms with van der Waals surface area (Å²) in [5.74, 6) is -0.902. The fraction of sp³-hybridized carbons (Fsp3) is 0.176. The van der Waals surface area contributed by atoms with Crippen molar-refractivity contribution in [2.24, 2.45) is 0 Å². The summed E-state index contributed by atoms with van der Waals surface area (Å²) in [6, 6.07) is 16.1. The molecule has 0 radical (unpaired) electrons. The van der Waals surface area contributed by atoms with Crippen molar-refractivity contribution in [1.82, 2.24) is 0 Å². The second-order valence-corrected chi connectivity index (χ2v) is 4.65. The Kier molecular flexibility index (Phi) is 5.54. The van der Waals surface area contributed by atoms with E-state index in [9.17, 15) is 9.59 Å². The molecular formula is C17H16O5. The predicted octanol–water partition coefficient (Wildman–Crippen LogP) is 2.44. The Morgan fingerprint density at radius 2 is 1.59 bits per heavy atom. The Morgan fingerprint density at radius 1 is 0.909 bits per heavy atom. The van der Waals surface area contributed by atoms with Crippen molar-refractivity contribution < 1.29 is 24.2 Å². The molecule has 0 aromatic heterocycles. The maximum atomic E-state index is 11.8. The summed E-state index contributed by atoms with van der Waals surface area (Å²) in [4.78, 5) is 22.1. The summed E-state index contributed by atoms with van der Waals surface area (Å²) in [5.41, 5.74) is 1.72. The molecule has 0 heterocycles. The zero-order valence-corrected chi connectivity index (χ0v) is 11.9. The number of rotatable bonds is 7. The molecule has 1 N–H and O–H groups in total. The lowest BCUT2D eigenvalue weighted by atomic mass is 10.1. The van der Waals surface area contributed by atoms with Gasteiger partial charge in [-0.15, -0.1) is 0 Å². The van der Waals surface area contributed by atoms with E-state index in [2.05, 4.69) is 0 Å². The SMILES string of the molecule is O=C(O)COc1ccc(CC(=O)OCc2ccccc2)cc1.